The summed E-state index contributed by atoms with van der Waals surface area (Å²) < 4.78 is 27.0. The Morgan fingerprint density at radius 1 is 0.889 bits per heavy atom. The Hall–Kier alpha value is -3.75. The summed E-state index contributed by atoms with van der Waals surface area (Å²) in [6, 6.07) is 4.47. The monoisotopic (exact) mass is 508 g/mol. The van der Waals surface area contributed by atoms with E-state index >= 15 is 0 Å². The maximum atomic E-state index is 13.5. The summed E-state index contributed by atoms with van der Waals surface area (Å²) in [5.41, 5.74) is -1.19. The van der Waals surface area contributed by atoms with Gasteiger partial charge in [0.2, 0.25) is 23.2 Å². The van der Waals surface area contributed by atoms with Crippen LogP contribution in [0, 0.1) is 0 Å². The molecule has 0 amide bonds. The van der Waals surface area contributed by atoms with Crippen LogP contribution in [0.3, 0.4) is 0 Å². The first-order valence-corrected chi connectivity index (χ1v) is 10.6. The molecule has 0 aliphatic carbocycles. The predicted octanol–water partition coefficient (Wildman–Crippen LogP) is -0.227. The van der Waals surface area contributed by atoms with E-state index < -0.39 is 65.7 Å². The summed E-state index contributed by atoms with van der Waals surface area (Å²) >= 11 is 0. The minimum atomic E-state index is -1.86. The van der Waals surface area contributed by atoms with Crippen molar-refractivity contribution in [2.75, 3.05) is 20.8 Å². The zero-order chi connectivity index (χ0) is 26.3. The van der Waals surface area contributed by atoms with Crippen LogP contribution in [-0.4, -0.2) is 87.3 Å². The molecule has 1 aromatic heterocycles. The van der Waals surface area contributed by atoms with Crippen molar-refractivity contribution in [3.05, 3.63) is 34.5 Å². The number of hydrogen-bond acceptors (Lipinski definition) is 13. The van der Waals surface area contributed by atoms with Gasteiger partial charge in [0, 0.05) is 17.7 Å². The van der Waals surface area contributed by atoms with E-state index in [2.05, 4.69) is 0 Å². The van der Waals surface area contributed by atoms with Crippen molar-refractivity contribution in [2.24, 2.45) is 0 Å². The number of benzene rings is 2. The lowest BCUT2D eigenvalue weighted by Crippen LogP contribution is -2.60. The normalized spacial score (nSPS) is 24.0. The van der Waals surface area contributed by atoms with E-state index in [0.29, 0.717) is 0 Å². The van der Waals surface area contributed by atoms with Crippen molar-refractivity contribution in [1.82, 2.24) is 0 Å². The highest BCUT2D eigenvalue weighted by Crippen LogP contribution is 2.44. The first-order valence-electron chi connectivity index (χ1n) is 10.6. The first kappa shape index (κ1) is 25.3. The minimum absolute atomic E-state index is 0.0175. The standard InChI is InChI=1S/C23H24O13/c1-32-13-4-8(3-11(27)21(13)33-2)20-22(17(29)15-10(26)5-9(25)6-12(15)34-20)36-23-19(31)18(30)16(28)14(7-24)35-23/h3-6,14,16,18-19,23-28,30-31H,7H2,1-2H3/t14-,16-,18+,19-,23+/m1/s1. The van der Waals surface area contributed by atoms with Gasteiger partial charge in [-0.1, -0.05) is 0 Å². The molecule has 0 bridgehead atoms. The van der Waals surface area contributed by atoms with Crippen LogP contribution < -0.4 is 19.6 Å². The molecule has 7 N–H and O–H groups in total. The van der Waals surface area contributed by atoms with Crippen LogP contribution in [0.2, 0.25) is 0 Å². The Bertz CT molecular complexity index is 1330. The van der Waals surface area contributed by atoms with E-state index in [-0.39, 0.29) is 33.8 Å². The maximum absolute atomic E-state index is 13.5. The molecule has 0 spiro atoms. The number of aliphatic hydroxyl groups is 4. The van der Waals surface area contributed by atoms with Crippen LogP contribution in [-0.2, 0) is 4.74 Å². The summed E-state index contributed by atoms with van der Waals surface area (Å²) in [6.45, 7) is -0.742. The van der Waals surface area contributed by atoms with E-state index in [4.69, 9.17) is 23.4 Å². The fourth-order valence-electron chi connectivity index (χ4n) is 3.92. The number of aliphatic hydroxyl groups excluding tert-OH is 4. The van der Waals surface area contributed by atoms with Crippen LogP contribution in [0.4, 0.5) is 0 Å². The Kier molecular flexibility index (Phi) is 6.84. The molecule has 4 rings (SSSR count). The van der Waals surface area contributed by atoms with E-state index in [1.807, 2.05) is 0 Å². The lowest BCUT2D eigenvalue weighted by atomic mass is 9.99. The average Bonchev–Trinajstić information content (AvgIpc) is 2.84. The number of phenolic OH excluding ortho intramolecular Hbond substituents is 3. The second kappa shape index (κ2) is 9.72. The number of phenols is 3. The smallest absolute Gasteiger partial charge is 0.239 e. The van der Waals surface area contributed by atoms with Gasteiger partial charge in [-0.2, -0.15) is 0 Å². The Morgan fingerprint density at radius 3 is 2.25 bits per heavy atom. The zero-order valence-electron chi connectivity index (χ0n) is 19.0. The number of aromatic hydroxyl groups is 3. The van der Waals surface area contributed by atoms with Crippen molar-refractivity contribution in [2.45, 2.75) is 30.7 Å². The molecule has 13 nitrogen and oxygen atoms in total. The van der Waals surface area contributed by atoms with Crippen LogP contribution in [0.15, 0.2) is 33.5 Å². The quantitative estimate of drug-likeness (QED) is 0.230. The molecule has 1 fully saturated rings. The van der Waals surface area contributed by atoms with Crippen LogP contribution in [0.1, 0.15) is 0 Å². The fourth-order valence-corrected chi connectivity index (χ4v) is 3.92. The molecule has 2 heterocycles. The maximum Gasteiger partial charge on any atom is 0.239 e. The molecule has 1 aliphatic heterocycles. The van der Waals surface area contributed by atoms with Crippen molar-refractivity contribution in [3.8, 4) is 45.8 Å². The van der Waals surface area contributed by atoms with E-state index in [1.165, 1.54) is 20.3 Å². The lowest BCUT2D eigenvalue weighted by molar-refractivity contribution is -0.277. The summed E-state index contributed by atoms with van der Waals surface area (Å²) in [7, 11) is 2.60. The second-order valence-electron chi connectivity index (χ2n) is 7.97. The summed E-state index contributed by atoms with van der Waals surface area (Å²) in [6.07, 6.45) is -8.44. The third kappa shape index (κ3) is 4.23. The van der Waals surface area contributed by atoms with Crippen molar-refractivity contribution >= 4 is 11.0 Å². The highest BCUT2D eigenvalue weighted by molar-refractivity contribution is 5.88. The Balaban J connectivity index is 1.95. The zero-order valence-corrected chi connectivity index (χ0v) is 19.0. The van der Waals surface area contributed by atoms with Gasteiger partial charge in [-0.15, -0.1) is 0 Å². The summed E-state index contributed by atoms with van der Waals surface area (Å²) in [5.74, 6) is -2.38. The Labute approximate surface area is 202 Å². The molecule has 13 heteroatoms. The van der Waals surface area contributed by atoms with Gasteiger partial charge in [0.15, 0.2) is 17.3 Å². The largest absolute Gasteiger partial charge is 0.508 e. The molecule has 36 heavy (non-hydrogen) atoms. The molecule has 1 saturated heterocycles. The van der Waals surface area contributed by atoms with E-state index in [1.54, 1.807) is 0 Å². The van der Waals surface area contributed by atoms with Crippen LogP contribution in [0.5, 0.6) is 34.5 Å². The summed E-state index contributed by atoms with van der Waals surface area (Å²) in [4.78, 5) is 13.5. The van der Waals surface area contributed by atoms with Crippen molar-refractivity contribution in [1.29, 1.82) is 0 Å². The first-order chi connectivity index (χ1) is 17.1. The topological polar surface area (TPSA) is 209 Å². The predicted molar refractivity (Wildman–Crippen MR) is 120 cm³/mol. The van der Waals surface area contributed by atoms with Gasteiger partial charge in [-0.05, 0) is 12.1 Å². The molecule has 3 aromatic rings. The molecule has 2 aromatic carbocycles. The number of methoxy groups -OCH3 is 2. The van der Waals surface area contributed by atoms with Crippen molar-refractivity contribution < 1.29 is 59.1 Å². The molecule has 194 valence electrons. The lowest BCUT2D eigenvalue weighted by Gasteiger charge is -2.39. The van der Waals surface area contributed by atoms with Gasteiger partial charge in [-0.25, -0.2) is 0 Å². The third-order valence-corrected chi connectivity index (χ3v) is 5.72. The van der Waals surface area contributed by atoms with Gasteiger partial charge in [0.1, 0.15) is 46.9 Å². The molecular weight excluding hydrogens is 484 g/mol. The molecule has 0 radical (unpaired) electrons. The van der Waals surface area contributed by atoms with Crippen LogP contribution in [0.25, 0.3) is 22.3 Å². The van der Waals surface area contributed by atoms with Gasteiger partial charge in [0.25, 0.3) is 0 Å². The minimum Gasteiger partial charge on any atom is -0.508 e. The van der Waals surface area contributed by atoms with Crippen LogP contribution >= 0.6 is 0 Å². The van der Waals surface area contributed by atoms with Gasteiger partial charge in [-0.3, -0.25) is 4.79 Å². The fraction of sp³-hybridized carbons (Fsp3) is 0.348. The average molecular weight is 508 g/mol. The SMILES string of the molecule is COc1cc(-c2oc3cc(O)cc(O)c3c(=O)c2O[C@@H]2O[C@H](CO)[C@@H](O)[C@H](O)[C@H]2O)cc(O)c1OC. The van der Waals surface area contributed by atoms with Crippen molar-refractivity contribution in [3.63, 3.8) is 0 Å². The highest BCUT2D eigenvalue weighted by atomic mass is 16.7. The molecular formula is C23H24O13. The van der Waals surface area contributed by atoms with E-state index in [9.17, 15) is 40.5 Å². The number of rotatable bonds is 6. The molecule has 5 atom stereocenters. The number of hydrogen-bond donors (Lipinski definition) is 7. The molecule has 0 saturated carbocycles. The summed E-state index contributed by atoms with van der Waals surface area (Å²) in [5, 5.41) is 70.2. The van der Waals surface area contributed by atoms with Gasteiger partial charge < -0.3 is 59.1 Å². The number of fused-ring (bicyclic) bond motifs is 1. The van der Waals surface area contributed by atoms with E-state index in [0.717, 1.165) is 18.2 Å². The molecule has 1 aliphatic rings. The number of ether oxygens (including phenoxy) is 4. The Morgan fingerprint density at radius 2 is 1.61 bits per heavy atom. The highest BCUT2D eigenvalue weighted by Gasteiger charge is 2.45. The molecule has 0 unspecified atom stereocenters. The van der Waals surface area contributed by atoms with Gasteiger partial charge in [0.05, 0.1) is 20.8 Å². The second-order valence-corrected chi connectivity index (χ2v) is 7.97. The van der Waals surface area contributed by atoms with Gasteiger partial charge >= 0.3 is 0 Å². The third-order valence-electron chi connectivity index (χ3n) is 5.72.